The number of hydrogen-bond acceptors (Lipinski definition) is 6. The summed E-state index contributed by atoms with van der Waals surface area (Å²) in [6, 6.07) is 20.6. The van der Waals surface area contributed by atoms with Crippen LogP contribution in [0.5, 0.6) is 11.5 Å². The van der Waals surface area contributed by atoms with E-state index in [1.807, 2.05) is 31.2 Å². The lowest BCUT2D eigenvalue weighted by atomic mass is 9.94. The lowest BCUT2D eigenvalue weighted by Crippen LogP contribution is -2.31. The number of aliphatic hydroxyl groups excluding tert-OH is 1. The number of Topliss-reactive ketones (excluding diaryl/α,β-unsaturated/α-hetero) is 1. The summed E-state index contributed by atoms with van der Waals surface area (Å²) in [5, 5.41) is 11.7. The van der Waals surface area contributed by atoms with Gasteiger partial charge < -0.3 is 19.0 Å². The van der Waals surface area contributed by atoms with Crippen molar-refractivity contribution < 1.29 is 28.6 Å². The number of ether oxygens (including phenoxy) is 2. The van der Waals surface area contributed by atoms with Crippen LogP contribution in [0.3, 0.4) is 0 Å². The van der Waals surface area contributed by atoms with Gasteiger partial charge in [-0.1, -0.05) is 55.8 Å². The van der Waals surface area contributed by atoms with E-state index in [-0.39, 0.29) is 11.3 Å². The summed E-state index contributed by atoms with van der Waals surface area (Å²) in [5.74, 6) is -0.300. The molecule has 2 heterocycles. The molecule has 0 fully saturated rings. The predicted molar refractivity (Wildman–Crippen MR) is 145 cm³/mol. The Hall–Kier alpha value is -4.52. The quantitative estimate of drug-likeness (QED) is 0.269. The second-order valence-corrected chi connectivity index (χ2v) is 9.77. The number of furan rings is 1. The highest BCUT2D eigenvalue weighted by atomic mass is 16.5. The highest BCUT2D eigenvalue weighted by Crippen LogP contribution is 2.43. The van der Waals surface area contributed by atoms with Gasteiger partial charge >= 0.3 is 0 Å². The van der Waals surface area contributed by atoms with Crippen molar-refractivity contribution in [1.29, 1.82) is 0 Å². The maximum atomic E-state index is 13.9. The number of amides is 1. The summed E-state index contributed by atoms with van der Waals surface area (Å²) in [6.07, 6.45) is 0. The molecule has 4 aromatic rings. The molecule has 0 saturated heterocycles. The van der Waals surface area contributed by atoms with Gasteiger partial charge in [-0.05, 0) is 54.8 Å². The van der Waals surface area contributed by atoms with Crippen LogP contribution in [0.1, 0.15) is 41.6 Å². The summed E-state index contributed by atoms with van der Waals surface area (Å²) < 4.78 is 17.1. The third-order valence-electron chi connectivity index (χ3n) is 6.50. The average molecular weight is 512 g/mol. The van der Waals surface area contributed by atoms with Crippen molar-refractivity contribution in [2.75, 3.05) is 18.6 Å². The molecular weight excluding hydrogens is 482 g/mol. The van der Waals surface area contributed by atoms with Crippen molar-refractivity contribution in [3.63, 3.8) is 0 Å². The van der Waals surface area contributed by atoms with Crippen molar-refractivity contribution in [2.45, 2.75) is 26.8 Å². The molecule has 7 nitrogen and oxygen atoms in total. The second-order valence-electron chi connectivity index (χ2n) is 9.77. The summed E-state index contributed by atoms with van der Waals surface area (Å²) in [7, 11) is 1.52. The van der Waals surface area contributed by atoms with Gasteiger partial charge in [-0.2, -0.15) is 0 Å². The van der Waals surface area contributed by atoms with Crippen molar-refractivity contribution in [1.82, 2.24) is 0 Å². The Labute approximate surface area is 220 Å². The predicted octanol–water partition coefficient (Wildman–Crippen LogP) is 6.57. The summed E-state index contributed by atoms with van der Waals surface area (Å²) >= 11 is 0. The number of aliphatic hydroxyl groups is 1. The van der Waals surface area contributed by atoms with Crippen LogP contribution in [-0.2, 0) is 4.79 Å². The summed E-state index contributed by atoms with van der Waals surface area (Å²) in [4.78, 5) is 28.7. The van der Waals surface area contributed by atoms with E-state index in [4.69, 9.17) is 13.9 Å². The molecule has 1 atom stereocenters. The first-order valence-corrected chi connectivity index (χ1v) is 12.5. The van der Waals surface area contributed by atoms with Gasteiger partial charge in [-0.25, -0.2) is 0 Å². The second kappa shape index (κ2) is 10.1. The van der Waals surface area contributed by atoms with Crippen molar-refractivity contribution >= 4 is 28.3 Å². The number of rotatable bonds is 8. The van der Waals surface area contributed by atoms with E-state index in [1.165, 1.54) is 12.0 Å². The molecule has 1 unspecified atom stereocenters. The Bertz CT molecular complexity index is 1530. The first-order valence-electron chi connectivity index (χ1n) is 12.5. The van der Waals surface area contributed by atoms with Crippen LogP contribution in [0.2, 0.25) is 0 Å². The smallest absolute Gasteiger partial charge is 0.294 e. The van der Waals surface area contributed by atoms with E-state index in [0.717, 1.165) is 5.56 Å². The normalized spacial score (nSPS) is 15.6. The van der Waals surface area contributed by atoms with Crippen LogP contribution in [0.4, 0.5) is 5.69 Å². The Morgan fingerprint density at radius 1 is 1.05 bits per heavy atom. The van der Waals surface area contributed by atoms with E-state index in [1.54, 1.807) is 48.5 Å². The summed E-state index contributed by atoms with van der Waals surface area (Å²) in [6.45, 7) is 6.65. The molecule has 0 aliphatic carbocycles. The number of carbonyl (C=O) groups excluding carboxylic acids is 2. The average Bonchev–Trinajstić information content (AvgIpc) is 3.47. The molecule has 1 aliphatic rings. The first-order chi connectivity index (χ1) is 18.3. The van der Waals surface area contributed by atoms with Crippen LogP contribution in [0.25, 0.3) is 11.0 Å². The Kier molecular flexibility index (Phi) is 6.68. The van der Waals surface area contributed by atoms with E-state index in [9.17, 15) is 14.7 Å². The van der Waals surface area contributed by atoms with Crippen molar-refractivity contribution in [2.24, 2.45) is 5.92 Å². The van der Waals surface area contributed by atoms with E-state index in [2.05, 4.69) is 13.8 Å². The lowest BCUT2D eigenvalue weighted by molar-refractivity contribution is -0.117. The zero-order chi connectivity index (χ0) is 27.0. The summed E-state index contributed by atoms with van der Waals surface area (Å²) in [5.41, 5.74) is 2.60. The molecule has 1 aliphatic heterocycles. The van der Waals surface area contributed by atoms with E-state index >= 15 is 0 Å². The van der Waals surface area contributed by atoms with E-state index < -0.39 is 23.5 Å². The zero-order valence-electron chi connectivity index (χ0n) is 21.7. The zero-order valence-corrected chi connectivity index (χ0v) is 21.7. The fourth-order valence-electron chi connectivity index (χ4n) is 4.58. The minimum Gasteiger partial charge on any atom is -0.503 e. The molecule has 1 N–H and O–H groups in total. The molecule has 0 radical (unpaired) electrons. The third kappa shape index (κ3) is 4.52. The fraction of sp³-hybridized carbons (Fsp3) is 0.226. The lowest BCUT2D eigenvalue weighted by Gasteiger charge is -2.27. The van der Waals surface area contributed by atoms with Gasteiger partial charge in [0.15, 0.2) is 22.9 Å². The number of hydrogen-bond donors (Lipinski definition) is 1. The number of ketones is 1. The fourth-order valence-corrected chi connectivity index (χ4v) is 4.58. The minimum atomic E-state index is -0.869. The van der Waals surface area contributed by atoms with Gasteiger partial charge in [0.05, 0.1) is 25.3 Å². The molecule has 0 bridgehead atoms. The number of benzene rings is 3. The molecule has 7 heteroatoms. The van der Waals surface area contributed by atoms with Crippen LogP contribution < -0.4 is 14.4 Å². The van der Waals surface area contributed by atoms with Crippen LogP contribution in [0.15, 0.2) is 88.5 Å². The standard InChI is InChI=1S/C31H29NO6/c1-18(2)17-37-23-14-10-20(11-15-23)27-26(29(34)31(35)32(27)22-12-8-19(3)9-13-22)28(33)25-16-21-6-5-7-24(36-4)30(21)38-25/h5-16,18,27,34H,17H2,1-4H3. The van der Waals surface area contributed by atoms with Crippen LogP contribution in [0, 0.1) is 12.8 Å². The van der Waals surface area contributed by atoms with Crippen LogP contribution >= 0.6 is 0 Å². The van der Waals surface area contributed by atoms with E-state index in [0.29, 0.717) is 46.2 Å². The molecule has 1 aromatic heterocycles. The largest absolute Gasteiger partial charge is 0.503 e. The SMILES string of the molecule is COc1cccc2cc(C(=O)C3=C(O)C(=O)N(c4ccc(C)cc4)C3c3ccc(OCC(C)C)cc3)oc12. The van der Waals surface area contributed by atoms with Gasteiger partial charge in [-0.15, -0.1) is 0 Å². The van der Waals surface area contributed by atoms with Gasteiger partial charge in [0, 0.05) is 11.1 Å². The molecule has 3 aromatic carbocycles. The number of para-hydroxylation sites is 1. The molecule has 0 spiro atoms. The maximum absolute atomic E-state index is 13.9. The Morgan fingerprint density at radius 3 is 2.42 bits per heavy atom. The number of nitrogens with zero attached hydrogens (tertiary/aromatic N) is 1. The Morgan fingerprint density at radius 2 is 1.76 bits per heavy atom. The molecule has 38 heavy (non-hydrogen) atoms. The molecular formula is C31H29NO6. The topological polar surface area (TPSA) is 89.2 Å². The van der Waals surface area contributed by atoms with Gasteiger partial charge in [-0.3, -0.25) is 14.5 Å². The Balaban J connectivity index is 1.59. The highest BCUT2D eigenvalue weighted by Gasteiger charge is 2.45. The number of carbonyl (C=O) groups is 2. The van der Waals surface area contributed by atoms with Crippen molar-refractivity contribution in [3.8, 4) is 11.5 Å². The number of fused-ring (bicyclic) bond motifs is 1. The third-order valence-corrected chi connectivity index (χ3v) is 6.50. The maximum Gasteiger partial charge on any atom is 0.294 e. The van der Waals surface area contributed by atoms with Gasteiger partial charge in [0.1, 0.15) is 5.75 Å². The molecule has 5 rings (SSSR count). The number of anilines is 1. The van der Waals surface area contributed by atoms with Crippen molar-refractivity contribution in [3.05, 3.63) is 101 Å². The highest BCUT2D eigenvalue weighted by molar-refractivity contribution is 6.20. The van der Waals surface area contributed by atoms with Crippen LogP contribution in [-0.4, -0.2) is 30.5 Å². The number of aryl methyl sites for hydroxylation is 1. The van der Waals surface area contributed by atoms with Gasteiger partial charge in [0.25, 0.3) is 5.91 Å². The number of methoxy groups -OCH3 is 1. The minimum absolute atomic E-state index is 0.00601. The molecule has 194 valence electrons. The molecule has 0 saturated carbocycles. The first kappa shape index (κ1) is 25.1. The molecule has 1 amide bonds. The monoisotopic (exact) mass is 511 g/mol. The van der Waals surface area contributed by atoms with Gasteiger partial charge in [0.2, 0.25) is 5.78 Å².